The number of phenols is 1. The van der Waals surface area contributed by atoms with Crippen molar-refractivity contribution in [3.63, 3.8) is 0 Å². The molecule has 0 unspecified atom stereocenters. The van der Waals surface area contributed by atoms with Crippen LogP contribution in [-0.2, 0) is 17.6 Å². The third kappa shape index (κ3) is 4.66. The molecule has 1 heterocycles. The molecule has 0 aromatic heterocycles. The molecule has 0 saturated carbocycles. The second kappa shape index (κ2) is 9.96. The van der Waals surface area contributed by atoms with E-state index in [1.54, 1.807) is 23.1 Å². The van der Waals surface area contributed by atoms with Crippen molar-refractivity contribution >= 4 is 40.3 Å². The van der Waals surface area contributed by atoms with E-state index in [0.717, 1.165) is 40.9 Å². The molecule has 0 aliphatic carbocycles. The quantitative estimate of drug-likeness (QED) is 0.438. The monoisotopic (exact) mass is 458 g/mol. The number of benzene rings is 3. The molecule has 0 radical (unpaired) electrons. The van der Waals surface area contributed by atoms with Gasteiger partial charge in [-0.1, -0.05) is 56.3 Å². The van der Waals surface area contributed by atoms with Crippen molar-refractivity contribution in [1.29, 1.82) is 0 Å². The summed E-state index contributed by atoms with van der Waals surface area (Å²) < 4.78 is 5.22. The standard InChI is InChI=1S/C27H26N2O3S/c1-4-19-10-6-8-12-21(19)28-27-29(22-13-9-7-11-20(22)5-2)26(31)25(33-27)17-18-14-15-23(30)24(16-18)32-3/h6-17,30H,4-5H2,1-3H3. The van der Waals surface area contributed by atoms with Gasteiger partial charge in [0.15, 0.2) is 16.7 Å². The number of aliphatic imine (C=N–C) groups is 1. The van der Waals surface area contributed by atoms with Gasteiger partial charge in [0.1, 0.15) is 0 Å². The highest BCUT2D eigenvalue weighted by molar-refractivity contribution is 8.19. The maximum absolute atomic E-state index is 13.6. The number of hydrogen-bond donors (Lipinski definition) is 1. The molecule has 33 heavy (non-hydrogen) atoms. The number of phenolic OH excluding ortho intramolecular Hbond substituents is 1. The van der Waals surface area contributed by atoms with Crippen LogP contribution in [0.25, 0.3) is 6.08 Å². The summed E-state index contributed by atoms with van der Waals surface area (Å²) in [5.41, 5.74) is 4.68. The molecule has 1 N–H and O–H groups in total. The zero-order chi connectivity index (χ0) is 23.4. The minimum atomic E-state index is -0.124. The number of carbonyl (C=O) groups excluding carboxylic acids is 1. The van der Waals surface area contributed by atoms with E-state index in [2.05, 4.69) is 19.9 Å². The first-order valence-corrected chi connectivity index (χ1v) is 11.7. The molecule has 5 nitrogen and oxygen atoms in total. The lowest BCUT2D eigenvalue weighted by molar-refractivity contribution is -0.113. The average Bonchev–Trinajstić information content (AvgIpc) is 3.14. The number of carbonyl (C=O) groups is 1. The highest BCUT2D eigenvalue weighted by Crippen LogP contribution is 2.39. The van der Waals surface area contributed by atoms with E-state index in [1.165, 1.54) is 18.9 Å². The predicted octanol–water partition coefficient (Wildman–Crippen LogP) is 6.33. The lowest BCUT2D eigenvalue weighted by Crippen LogP contribution is -2.29. The number of amides is 1. The van der Waals surface area contributed by atoms with Crippen LogP contribution in [0, 0.1) is 0 Å². The van der Waals surface area contributed by atoms with Gasteiger partial charge in [0.25, 0.3) is 5.91 Å². The number of para-hydroxylation sites is 2. The van der Waals surface area contributed by atoms with E-state index in [4.69, 9.17) is 9.73 Å². The van der Waals surface area contributed by atoms with Gasteiger partial charge in [-0.15, -0.1) is 0 Å². The second-order valence-electron chi connectivity index (χ2n) is 7.54. The highest BCUT2D eigenvalue weighted by atomic mass is 32.2. The molecule has 0 bridgehead atoms. The Balaban J connectivity index is 1.83. The fraction of sp³-hybridized carbons (Fsp3) is 0.185. The molecule has 1 aliphatic rings. The summed E-state index contributed by atoms with van der Waals surface area (Å²) in [7, 11) is 1.50. The molecule has 6 heteroatoms. The number of anilines is 1. The van der Waals surface area contributed by atoms with E-state index in [0.29, 0.717) is 15.8 Å². The lowest BCUT2D eigenvalue weighted by atomic mass is 10.1. The Kier molecular flexibility index (Phi) is 6.84. The van der Waals surface area contributed by atoms with Gasteiger partial charge >= 0.3 is 0 Å². The molecule has 1 saturated heterocycles. The van der Waals surface area contributed by atoms with E-state index in [1.807, 2.05) is 48.5 Å². The molecule has 4 rings (SSSR count). The molecule has 1 amide bonds. The van der Waals surface area contributed by atoms with Crippen molar-refractivity contribution in [2.45, 2.75) is 26.7 Å². The van der Waals surface area contributed by atoms with Gasteiger partial charge in [-0.2, -0.15) is 0 Å². The maximum atomic E-state index is 13.6. The zero-order valence-electron chi connectivity index (χ0n) is 18.9. The SMILES string of the molecule is CCc1ccccc1N=C1SC(=Cc2ccc(O)c(OC)c2)C(=O)N1c1ccccc1CC. The van der Waals surface area contributed by atoms with Crippen LogP contribution in [0.5, 0.6) is 11.5 Å². The second-order valence-corrected chi connectivity index (χ2v) is 8.55. The summed E-state index contributed by atoms with van der Waals surface area (Å²) in [5, 5.41) is 10.5. The minimum absolute atomic E-state index is 0.0574. The van der Waals surface area contributed by atoms with Gasteiger partial charge in [-0.3, -0.25) is 9.69 Å². The van der Waals surface area contributed by atoms with E-state index >= 15 is 0 Å². The van der Waals surface area contributed by atoms with Crippen LogP contribution in [0.3, 0.4) is 0 Å². The minimum Gasteiger partial charge on any atom is -0.504 e. The largest absolute Gasteiger partial charge is 0.504 e. The first kappa shape index (κ1) is 22.7. The fourth-order valence-electron chi connectivity index (χ4n) is 3.75. The number of aromatic hydroxyl groups is 1. The molecule has 168 valence electrons. The average molecular weight is 459 g/mol. The fourth-order valence-corrected chi connectivity index (χ4v) is 4.73. The number of aryl methyl sites for hydroxylation is 2. The molecule has 3 aromatic rings. The molecule has 3 aromatic carbocycles. The summed E-state index contributed by atoms with van der Waals surface area (Å²) in [6.45, 7) is 4.18. The van der Waals surface area contributed by atoms with E-state index in [9.17, 15) is 9.90 Å². The van der Waals surface area contributed by atoms with Gasteiger partial charge in [-0.05, 0) is 71.6 Å². The molecule has 1 fully saturated rings. The zero-order valence-corrected chi connectivity index (χ0v) is 19.7. The highest BCUT2D eigenvalue weighted by Gasteiger charge is 2.35. The maximum Gasteiger partial charge on any atom is 0.271 e. The van der Waals surface area contributed by atoms with Crippen LogP contribution in [0.15, 0.2) is 76.6 Å². The number of hydrogen-bond acceptors (Lipinski definition) is 5. The topological polar surface area (TPSA) is 62.1 Å². The molecular weight excluding hydrogens is 432 g/mol. The summed E-state index contributed by atoms with van der Waals surface area (Å²) >= 11 is 1.35. The Labute approximate surface area is 198 Å². The van der Waals surface area contributed by atoms with Crippen LogP contribution in [-0.4, -0.2) is 23.3 Å². The summed E-state index contributed by atoms with van der Waals surface area (Å²) in [4.78, 5) is 20.8. The Morgan fingerprint density at radius 1 is 1.00 bits per heavy atom. The van der Waals surface area contributed by atoms with Crippen molar-refractivity contribution in [3.8, 4) is 11.5 Å². The predicted molar refractivity (Wildman–Crippen MR) is 136 cm³/mol. The third-order valence-corrected chi connectivity index (χ3v) is 6.48. The lowest BCUT2D eigenvalue weighted by Gasteiger charge is -2.19. The van der Waals surface area contributed by atoms with Gasteiger partial charge < -0.3 is 9.84 Å². The number of thioether (sulfide) groups is 1. The number of methoxy groups -OCH3 is 1. The van der Waals surface area contributed by atoms with Gasteiger partial charge in [0, 0.05) is 0 Å². The number of ether oxygens (including phenoxy) is 1. The first-order chi connectivity index (χ1) is 16.0. The van der Waals surface area contributed by atoms with Crippen LogP contribution >= 0.6 is 11.8 Å². The normalized spacial score (nSPS) is 16.1. The molecular formula is C27H26N2O3S. The van der Waals surface area contributed by atoms with Gasteiger partial charge in [0.2, 0.25) is 0 Å². The Hall–Kier alpha value is -3.51. The Morgan fingerprint density at radius 2 is 1.70 bits per heavy atom. The van der Waals surface area contributed by atoms with Crippen molar-refractivity contribution < 1.29 is 14.6 Å². The van der Waals surface area contributed by atoms with Crippen LogP contribution in [0.2, 0.25) is 0 Å². The van der Waals surface area contributed by atoms with Crippen LogP contribution < -0.4 is 9.64 Å². The summed E-state index contributed by atoms with van der Waals surface area (Å²) in [6, 6.07) is 21.0. The first-order valence-electron chi connectivity index (χ1n) is 10.9. The van der Waals surface area contributed by atoms with Crippen LogP contribution in [0.4, 0.5) is 11.4 Å². The Bertz CT molecular complexity index is 1250. The van der Waals surface area contributed by atoms with Gasteiger partial charge in [-0.25, -0.2) is 4.99 Å². The number of nitrogens with zero attached hydrogens (tertiary/aromatic N) is 2. The molecule has 1 aliphatic heterocycles. The third-order valence-electron chi connectivity index (χ3n) is 5.51. The van der Waals surface area contributed by atoms with Crippen molar-refractivity contribution in [1.82, 2.24) is 0 Å². The summed E-state index contributed by atoms with van der Waals surface area (Å²) in [6.07, 6.45) is 3.47. The number of rotatable bonds is 6. The van der Waals surface area contributed by atoms with E-state index in [-0.39, 0.29) is 11.7 Å². The Morgan fingerprint density at radius 3 is 2.42 bits per heavy atom. The van der Waals surface area contributed by atoms with Crippen LogP contribution in [0.1, 0.15) is 30.5 Å². The van der Waals surface area contributed by atoms with Crippen molar-refractivity contribution in [3.05, 3.63) is 88.3 Å². The molecule has 0 atom stereocenters. The smallest absolute Gasteiger partial charge is 0.271 e. The van der Waals surface area contributed by atoms with Crippen molar-refractivity contribution in [2.24, 2.45) is 4.99 Å². The number of amidine groups is 1. The molecule has 0 spiro atoms. The van der Waals surface area contributed by atoms with Gasteiger partial charge in [0.05, 0.1) is 23.4 Å². The van der Waals surface area contributed by atoms with E-state index < -0.39 is 0 Å². The summed E-state index contributed by atoms with van der Waals surface area (Å²) in [5.74, 6) is 0.293. The van der Waals surface area contributed by atoms with Crippen molar-refractivity contribution in [2.75, 3.05) is 12.0 Å².